The molecule has 1 amide bonds. The number of fused-ring (bicyclic) bond motifs is 1. The van der Waals surface area contributed by atoms with Gasteiger partial charge in [-0.25, -0.2) is 4.98 Å². The maximum Gasteiger partial charge on any atom is 0.226 e. The van der Waals surface area contributed by atoms with E-state index in [-0.39, 0.29) is 5.91 Å². The molecule has 1 aliphatic rings. The van der Waals surface area contributed by atoms with E-state index in [2.05, 4.69) is 10.3 Å². The second-order valence-corrected chi connectivity index (χ2v) is 6.93. The summed E-state index contributed by atoms with van der Waals surface area (Å²) in [7, 11) is 3.27. The van der Waals surface area contributed by atoms with E-state index in [1.807, 2.05) is 34.2 Å². The van der Waals surface area contributed by atoms with Crippen molar-refractivity contribution in [2.75, 3.05) is 14.2 Å². The Bertz CT molecular complexity index is 927. The smallest absolute Gasteiger partial charge is 0.226 e. The molecule has 1 aromatic carbocycles. The van der Waals surface area contributed by atoms with Crippen LogP contribution in [-0.4, -0.2) is 35.6 Å². The van der Waals surface area contributed by atoms with Crippen LogP contribution >= 0.6 is 11.3 Å². The van der Waals surface area contributed by atoms with Crippen molar-refractivity contribution in [1.29, 1.82) is 0 Å². The first kappa shape index (κ1) is 16.0. The molecule has 0 spiro atoms. The molecule has 0 aliphatic heterocycles. The van der Waals surface area contributed by atoms with Gasteiger partial charge in [-0.3, -0.25) is 9.20 Å². The van der Waals surface area contributed by atoms with Crippen LogP contribution in [0, 0.1) is 0 Å². The molecule has 7 heteroatoms. The topological polar surface area (TPSA) is 64.9 Å². The zero-order chi connectivity index (χ0) is 17.4. The van der Waals surface area contributed by atoms with Crippen LogP contribution in [0.5, 0.6) is 11.5 Å². The third kappa shape index (κ3) is 3.19. The number of nitrogens with one attached hydrogen (secondary N) is 1. The van der Waals surface area contributed by atoms with Crippen molar-refractivity contribution in [1.82, 2.24) is 14.7 Å². The number of ether oxygens (including phenoxy) is 2. The van der Waals surface area contributed by atoms with Gasteiger partial charge in [0.2, 0.25) is 5.91 Å². The van der Waals surface area contributed by atoms with Gasteiger partial charge >= 0.3 is 0 Å². The Morgan fingerprint density at radius 1 is 1.36 bits per heavy atom. The number of benzene rings is 1. The number of hydrogen-bond donors (Lipinski definition) is 1. The molecule has 0 radical (unpaired) electrons. The Labute approximate surface area is 149 Å². The molecule has 3 aromatic rings. The zero-order valence-corrected chi connectivity index (χ0v) is 14.9. The summed E-state index contributed by atoms with van der Waals surface area (Å²) in [4.78, 5) is 17.6. The Balaban J connectivity index is 1.66. The second-order valence-electron chi connectivity index (χ2n) is 6.09. The lowest BCUT2D eigenvalue weighted by Gasteiger charge is -2.08. The van der Waals surface area contributed by atoms with Crippen molar-refractivity contribution >= 4 is 22.2 Å². The average Bonchev–Trinajstić information content (AvgIpc) is 3.20. The van der Waals surface area contributed by atoms with Crippen LogP contribution in [0.4, 0.5) is 0 Å². The van der Waals surface area contributed by atoms with Gasteiger partial charge in [-0.2, -0.15) is 0 Å². The van der Waals surface area contributed by atoms with Crippen molar-refractivity contribution < 1.29 is 14.3 Å². The molecule has 1 fully saturated rings. The lowest BCUT2D eigenvalue weighted by atomic mass is 10.1. The van der Waals surface area contributed by atoms with Crippen molar-refractivity contribution in [2.24, 2.45) is 0 Å². The highest BCUT2D eigenvalue weighted by Crippen LogP contribution is 2.34. The Hall–Kier alpha value is -2.54. The quantitative estimate of drug-likeness (QED) is 0.737. The summed E-state index contributed by atoms with van der Waals surface area (Å²) < 4.78 is 12.7. The van der Waals surface area contributed by atoms with Gasteiger partial charge in [-0.15, -0.1) is 11.3 Å². The van der Waals surface area contributed by atoms with E-state index in [1.165, 1.54) is 11.3 Å². The number of carbonyl (C=O) groups excluding carboxylic acids is 1. The van der Waals surface area contributed by atoms with Gasteiger partial charge in [0.25, 0.3) is 0 Å². The third-order valence-electron chi connectivity index (χ3n) is 4.25. The summed E-state index contributed by atoms with van der Waals surface area (Å²) >= 11 is 1.53. The molecule has 0 atom stereocenters. The molecule has 4 rings (SSSR count). The first-order valence-electron chi connectivity index (χ1n) is 8.15. The lowest BCUT2D eigenvalue weighted by Crippen LogP contribution is -2.27. The largest absolute Gasteiger partial charge is 0.497 e. The van der Waals surface area contributed by atoms with E-state index < -0.39 is 0 Å². The zero-order valence-electron chi connectivity index (χ0n) is 14.1. The first-order chi connectivity index (χ1) is 12.2. The SMILES string of the molecule is COc1ccc(OC)c(-c2cn3c(CC(=O)NC4CC4)csc3n2)c1. The van der Waals surface area contributed by atoms with Crippen LogP contribution in [0.2, 0.25) is 0 Å². The van der Waals surface area contributed by atoms with E-state index in [1.54, 1.807) is 14.2 Å². The number of methoxy groups -OCH3 is 2. The number of carbonyl (C=O) groups is 1. The Morgan fingerprint density at radius 2 is 2.20 bits per heavy atom. The molecule has 6 nitrogen and oxygen atoms in total. The van der Waals surface area contributed by atoms with Gasteiger partial charge < -0.3 is 14.8 Å². The number of hydrogen-bond acceptors (Lipinski definition) is 5. The monoisotopic (exact) mass is 357 g/mol. The van der Waals surface area contributed by atoms with E-state index in [9.17, 15) is 4.79 Å². The number of rotatable bonds is 6. The molecule has 0 bridgehead atoms. The maximum absolute atomic E-state index is 12.1. The van der Waals surface area contributed by atoms with Crippen LogP contribution in [0.3, 0.4) is 0 Å². The highest BCUT2D eigenvalue weighted by Gasteiger charge is 2.24. The van der Waals surface area contributed by atoms with Crippen LogP contribution < -0.4 is 14.8 Å². The van der Waals surface area contributed by atoms with Crippen molar-refractivity contribution in [3.05, 3.63) is 35.5 Å². The van der Waals surface area contributed by atoms with Crippen molar-refractivity contribution in [2.45, 2.75) is 25.3 Å². The molecule has 2 heterocycles. The highest BCUT2D eigenvalue weighted by atomic mass is 32.1. The maximum atomic E-state index is 12.1. The molecule has 2 aromatic heterocycles. The Morgan fingerprint density at radius 3 is 2.92 bits per heavy atom. The number of amides is 1. The van der Waals surface area contributed by atoms with Gasteiger partial charge in [-0.05, 0) is 31.0 Å². The van der Waals surface area contributed by atoms with E-state index in [0.29, 0.717) is 12.5 Å². The van der Waals surface area contributed by atoms with Gasteiger partial charge in [0, 0.05) is 28.9 Å². The van der Waals surface area contributed by atoms with E-state index >= 15 is 0 Å². The molecular weight excluding hydrogens is 338 g/mol. The minimum Gasteiger partial charge on any atom is -0.497 e. The van der Waals surface area contributed by atoms with Crippen LogP contribution in [-0.2, 0) is 11.2 Å². The first-order valence-corrected chi connectivity index (χ1v) is 9.03. The molecule has 1 saturated carbocycles. The molecule has 1 aliphatic carbocycles. The van der Waals surface area contributed by atoms with E-state index in [4.69, 9.17) is 9.47 Å². The molecule has 25 heavy (non-hydrogen) atoms. The van der Waals surface area contributed by atoms with Crippen LogP contribution in [0.15, 0.2) is 29.8 Å². The number of aromatic nitrogens is 2. The average molecular weight is 357 g/mol. The van der Waals surface area contributed by atoms with Crippen molar-refractivity contribution in [3.63, 3.8) is 0 Å². The van der Waals surface area contributed by atoms with Crippen molar-refractivity contribution in [3.8, 4) is 22.8 Å². The normalized spacial score (nSPS) is 13.8. The minimum absolute atomic E-state index is 0.0661. The summed E-state index contributed by atoms with van der Waals surface area (Å²) in [6, 6.07) is 6.01. The van der Waals surface area contributed by atoms with Gasteiger partial charge in [0.1, 0.15) is 11.5 Å². The summed E-state index contributed by atoms with van der Waals surface area (Å²) in [5, 5.41) is 5.01. The molecule has 1 N–H and O–H groups in total. The summed E-state index contributed by atoms with van der Waals surface area (Å²) in [6.45, 7) is 0. The fourth-order valence-electron chi connectivity index (χ4n) is 2.77. The van der Waals surface area contributed by atoms with E-state index in [0.717, 1.165) is 46.3 Å². The number of nitrogens with zero attached hydrogens (tertiary/aromatic N) is 2. The second kappa shape index (κ2) is 6.40. The fraction of sp³-hybridized carbons (Fsp3) is 0.333. The number of imidazole rings is 1. The lowest BCUT2D eigenvalue weighted by molar-refractivity contribution is -0.120. The molecule has 0 saturated heterocycles. The van der Waals surface area contributed by atoms with Crippen LogP contribution in [0.25, 0.3) is 16.2 Å². The fourth-order valence-corrected chi connectivity index (χ4v) is 3.64. The molecular formula is C18H19N3O3S. The summed E-state index contributed by atoms with van der Waals surface area (Å²) in [6.07, 6.45) is 4.50. The number of thiazole rings is 1. The van der Waals surface area contributed by atoms with Gasteiger partial charge in [-0.1, -0.05) is 0 Å². The Kier molecular flexibility index (Phi) is 4.09. The van der Waals surface area contributed by atoms with Crippen LogP contribution in [0.1, 0.15) is 18.5 Å². The summed E-state index contributed by atoms with van der Waals surface area (Å²) in [5.74, 6) is 1.55. The molecule has 0 unspecified atom stereocenters. The van der Waals surface area contributed by atoms with Gasteiger partial charge in [0.15, 0.2) is 4.96 Å². The predicted molar refractivity (Wildman–Crippen MR) is 96.5 cm³/mol. The van der Waals surface area contributed by atoms with Gasteiger partial charge in [0.05, 0.1) is 26.3 Å². The molecule has 130 valence electrons. The summed E-state index contributed by atoms with van der Waals surface area (Å²) in [5.41, 5.74) is 2.61. The highest BCUT2D eigenvalue weighted by molar-refractivity contribution is 7.15. The minimum atomic E-state index is 0.0661. The standard InChI is InChI=1S/C18H19N3O3S/c1-23-13-5-6-16(24-2)14(8-13)15-9-21-12(10-25-18(21)20-15)7-17(22)19-11-3-4-11/h5-6,8-11H,3-4,7H2,1-2H3,(H,19,22). The third-order valence-corrected chi connectivity index (χ3v) is 5.14. The predicted octanol–water partition coefficient (Wildman–Crippen LogP) is 2.90.